The molecule has 0 radical (unpaired) electrons. The Morgan fingerprint density at radius 3 is 2.18 bits per heavy atom. The number of hydrogen-bond donors (Lipinski definition) is 0. The Bertz CT molecular complexity index is 418. The molecule has 0 saturated carbocycles. The Balaban J connectivity index is 2.68. The first-order valence-corrected chi connectivity index (χ1v) is 5.97. The molecule has 0 atom stereocenters. The summed E-state index contributed by atoms with van der Waals surface area (Å²) in [6, 6.07) is 6.53. The molecule has 0 amide bonds. The summed E-state index contributed by atoms with van der Waals surface area (Å²) in [4.78, 5) is 0. The zero-order valence-corrected chi connectivity index (χ0v) is 11.4. The van der Waals surface area contributed by atoms with Crippen LogP contribution in [0.5, 0.6) is 5.75 Å². The third-order valence-corrected chi connectivity index (χ3v) is 2.88. The molecule has 1 rings (SSSR count). The van der Waals surface area contributed by atoms with E-state index in [-0.39, 0.29) is 5.41 Å². The van der Waals surface area contributed by atoms with E-state index in [1.807, 2.05) is 13.8 Å². The maximum absolute atomic E-state index is 8.93. The van der Waals surface area contributed by atoms with Crippen molar-refractivity contribution in [1.29, 1.82) is 5.26 Å². The first kappa shape index (κ1) is 13.6. The zero-order chi connectivity index (χ0) is 13.1. The first-order chi connectivity index (χ1) is 7.85. The molecule has 0 aliphatic carbocycles. The van der Waals surface area contributed by atoms with Crippen molar-refractivity contribution in [1.82, 2.24) is 0 Å². The summed E-state index contributed by atoms with van der Waals surface area (Å²) in [5.41, 5.74) is 3.27. The van der Waals surface area contributed by atoms with Gasteiger partial charge in [-0.3, -0.25) is 0 Å². The molecular formula is C15H21NO. The molecule has 1 aromatic rings. The largest absolute Gasteiger partial charge is 0.493 e. The van der Waals surface area contributed by atoms with Gasteiger partial charge in [0, 0.05) is 0 Å². The van der Waals surface area contributed by atoms with Crippen molar-refractivity contribution < 1.29 is 4.74 Å². The molecule has 0 spiro atoms. The van der Waals surface area contributed by atoms with Crippen molar-refractivity contribution >= 4 is 0 Å². The lowest BCUT2D eigenvalue weighted by Crippen LogP contribution is -2.13. The molecule has 0 saturated heterocycles. The van der Waals surface area contributed by atoms with E-state index in [0.717, 1.165) is 23.3 Å². The van der Waals surface area contributed by atoms with Crippen molar-refractivity contribution in [2.45, 2.75) is 41.0 Å². The third-order valence-electron chi connectivity index (χ3n) is 2.88. The monoisotopic (exact) mass is 231 g/mol. The highest BCUT2D eigenvalue weighted by Crippen LogP contribution is 2.26. The smallest absolute Gasteiger partial charge is 0.125 e. The van der Waals surface area contributed by atoms with Gasteiger partial charge in [-0.05, 0) is 52.2 Å². The van der Waals surface area contributed by atoms with Crippen molar-refractivity contribution in [3.63, 3.8) is 0 Å². The molecule has 0 aliphatic heterocycles. The predicted octanol–water partition coefficient (Wildman–Crippen LogP) is 3.93. The lowest BCUT2D eigenvalue weighted by molar-refractivity contribution is 0.261. The Kier molecular flexibility index (Phi) is 4.17. The van der Waals surface area contributed by atoms with Crippen molar-refractivity contribution in [3.8, 4) is 11.8 Å². The predicted molar refractivity (Wildman–Crippen MR) is 70.2 cm³/mol. The fraction of sp³-hybridized carbons (Fsp3) is 0.533. The van der Waals surface area contributed by atoms with Gasteiger partial charge in [0.2, 0.25) is 0 Å². The minimum absolute atomic E-state index is 0.313. The molecule has 0 aliphatic rings. The maximum Gasteiger partial charge on any atom is 0.125 e. The van der Waals surface area contributed by atoms with Crippen molar-refractivity contribution in [3.05, 3.63) is 28.8 Å². The molecule has 0 aromatic heterocycles. The van der Waals surface area contributed by atoms with Crippen molar-refractivity contribution in [2.75, 3.05) is 6.61 Å². The van der Waals surface area contributed by atoms with Crippen LogP contribution in [-0.2, 0) is 0 Å². The van der Waals surface area contributed by atoms with E-state index in [1.54, 1.807) is 0 Å². The Labute approximate surface area is 104 Å². The highest BCUT2D eigenvalue weighted by atomic mass is 16.5. The van der Waals surface area contributed by atoms with Crippen LogP contribution in [0.25, 0.3) is 0 Å². The summed E-state index contributed by atoms with van der Waals surface area (Å²) in [6.07, 6.45) is 0.746. The van der Waals surface area contributed by atoms with Crippen LogP contribution in [0.2, 0.25) is 0 Å². The van der Waals surface area contributed by atoms with E-state index in [4.69, 9.17) is 10.00 Å². The van der Waals surface area contributed by atoms with Crippen LogP contribution >= 0.6 is 0 Å². The van der Waals surface area contributed by atoms with Gasteiger partial charge >= 0.3 is 0 Å². The van der Waals surface area contributed by atoms with Crippen LogP contribution in [0.1, 0.15) is 37.0 Å². The number of rotatable bonds is 4. The molecule has 0 unspecified atom stereocenters. The van der Waals surface area contributed by atoms with E-state index < -0.39 is 0 Å². The zero-order valence-electron chi connectivity index (χ0n) is 11.4. The minimum Gasteiger partial charge on any atom is -0.493 e. The number of nitrogens with zero attached hydrogens (tertiary/aromatic N) is 1. The Morgan fingerprint density at radius 1 is 1.18 bits per heavy atom. The van der Waals surface area contributed by atoms with Crippen LogP contribution in [-0.4, -0.2) is 6.61 Å². The molecule has 2 heteroatoms. The number of nitriles is 1. The maximum atomic E-state index is 8.93. The molecule has 1 aromatic carbocycles. The molecule has 92 valence electrons. The molecular weight excluding hydrogens is 210 g/mol. The first-order valence-electron chi connectivity index (χ1n) is 5.97. The molecule has 2 nitrogen and oxygen atoms in total. The SMILES string of the molecule is Cc1cc(C)c(OCCC(C)(C)C#N)c(C)c1. The Hall–Kier alpha value is -1.49. The summed E-state index contributed by atoms with van der Waals surface area (Å²) >= 11 is 0. The summed E-state index contributed by atoms with van der Waals surface area (Å²) < 4.78 is 5.81. The normalized spacial score (nSPS) is 11.1. The summed E-state index contributed by atoms with van der Waals surface area (Å²) in [5.74, 6) is 0.962. The van der Waals surface area contributed by atoms with Gasteiger partial charge in [-0.1, -0.05) is 17.7 Å². The van der Waals surface area contributed by atoms with E-state index >= 15 is 0 Å². The lowest BCUT2D eigenvalue weighted by Gasteiger charge is -2.17. The number of benzene rings is 1. The second-order valence-corrected chi connectivity index (χ2v) is 5.32. The van der Waals surface area contributed by atoms with Gasteiger partial charge < -0.3 is 4.74 Å². The van der Waals surface area contributed by atoms with Crippen LogP contribution < -0.4 is 4.74 Å². The highest BCUT2D eigenvalue weighted by Gasteiger charge is 2.16. The van der Waals surface area contributed by atoms with Gasteiger partial charge in [0.1, 0.15) is 5.75 Å². The third kappa shape index (κ3) is 3.78. The molecule has 0 heterocycles. The van der Waals surface area contributed by atoms with Gasteiger partial charge in [-0.15, -0.1) is 0 Å². The Morgan fingerprint density at radius 2 is 1.71 bits per heavy atom. The molecule has 0 N–H and O–H groups in total. The van der Waals surface area contributed by atoms with E-state index in [1.165, 1.54) is 5.56 Å². The topological polar surface area (TPSA) is 33.0 Å². The van der Waals surface area contributed by atoms with E-state index in [0.29, 0.717) is 6.61 Å². The number of hydrogen-bond acceptors (Lipinski definition) is 2. The van der Waals surface area contributed by atoms with Crippen LogP contribution in [0.15, 0.2) is 12.1 Å². The van der Waals surface area contributed by atoms with Crippen LogP contribution in [0.4, 0.5) is 0 Å². The molecule has 0 fully saturated rings. The standard InChI is InChI=1S/C15H21NO/c1-11-8-12(2)14(13(3)9-11)17-7-6-15(4,5)10-16/h8-9H,6-7H2,1-5H3. The average molecular weight is 231 g/mol. The van der Waals surface area contributed by atoms with Gasteiger partial charge in [-0.2, -0.15) is 5.26 Å². The summed E-state index contributed by atoms with van der Waals surface area (Å²) in [6.45, 7) is 10.7. The average Bonchev–Trinajstić information content (AvgIpc) is 2.22. The van der Waals surface area contributed by atoms with Crippen LogP contribution in [0.3, 0.4) is 0 Å². The fourth-order valence-corrected chi connectivity index (χ4v) is 1.86. The lowest BCUT2D eigenvalue weighted by atomic mass is 9.92. The number of aryl methyl sites for hydroxylation is 3. The quantitative estimate of drug-likeness (QED) is 0.786. The molecule has 0 bridgehead atoms. The molecule has 17 heavy (non-hydrogen) atoms. The summed E-state index contributed by atoms with van der Waals surface area (Å²) in [7, 11) is 0. The number of ether oxygens (including phenoxy) is 1. The van der Waals surface area contributed by atoms with Gasteiger partial charge in [0.05, 0.1) is 18.1 Å². The van der Waals surface area contributed by atoms with Gasteiger partial charge in [0.25, 0.3) is 0 Å². The fourth-order valence-electron chi connectivity index (χ4n) is 1.86. The van der Waals surface area contributed by atoms with E-state index in [9.17, 15) is 0 Å². The van der Waals surface area contributed by atoms with Gasteiger partial charge in [0.15, 0.2) is 0 Å². The minimum atomic E-state index is -0.313. The highest BCUT2D eigenvalue weighted by molar-refractivity contribution is 5.42. The van der Waals surface area contributed by atoms with Gasteiger partial charge in [-0.25, -0.2) is 0 Å². The van der Waals surface area contributed by atoms with E-state index in [2.05, 4.69) is 39.0 Å². The van der Waals surface area contributed by atoms with Crippen LogP contribution in [0, 0.1) is 37.5 Å². The second-order valence-electron chi connectivity index (χ2n) is 5.32. The summed E-state index contributed by atoms with van der Waals surface area (Å²) in [5, 5.41) is 8.93. The second kappa shape index (κ2) is 5.23. The van der Waals surface area contributed by atoms with Crippen molar-refractivity contribution in [2.24, 2.45) is 5.41 Å².